The number of nitrogens with one attached hydrogen (secondary N) is 2. The molecule has 0 amide bonds. The maximum Gasteiger partial charge on any atom is 0.433 e. The van der Waals surface area contributed by atoms with Gasteiger partial charge in [0.25, 0.3) is 0 Å². The van der Waals surface area contributed by atoms with Crippen molar-refractivity contribution in [1.29, 1.82) is 0 Å². The van der Waals surface area contributed by atoms with E-state index in [4.69, 9.17) is 8.83 Å². The van der Waals surface area contributed by atoms with E-state index in [0.717, 1.165) is 17.1 Å². The van der Waals surface area contributed by atoms with Gasteiger partial charge in [-0.25, -0.2) is 0 Å². The molecule has 4 heterocycles. The van der Waals surface area contributed by atoms with Crippen LogP contribution in [0.4, 0.5) is 5.88 Å². The highest BCUT2D eigenvalue weighted by molar-refractivity contribution is 5.65. The van der Waals surface area contributed by atoms with Crippen molar-refractivity contribution in [3.05, 3.63) is 88.1 Å². The summed E-state index contributed by atoms with van der Waals surface area (Å²) in [4.78, 5) is 9.74. The zero-order valence-electron chi connectivity index (χ0n) is 14.0. The van der Waals surface area contributed by atoms with Crippen molar-refractivity contribution in [3.63, 3.8) is 0 Å². The van der Waals surface area contributed by atoms with Gasteiger partial charge in [0.15, 0.2) is 0 Å². The Morgan fingerprint density at radius 1 is 0.889 bits per heavy atom. The van der Waals surface area contributed by atoms with Crippen LogP contribution >= 0.6 is 0 Å². The zero-order valence-corrected chi connectivity index (χ0v) is 14.0. The summed E-state index contributed by atoms with van der Waals surface area (Å²) in [6.45, 7) is 0. The summed E-state index contributed by atoms with van der Waals surface area (Å²) in [7, 11) is 0. The van der Waals surface area contributed by atoms with Gasteiger partial charge in [0.05, 0.1) is 23.7 Å². The van der Waals surface area contributed by atoms with Crippen molar-refractivity contribution in [2.24, 2.45) is 0 Å². The van der Waals surface area contributed by atoms with Gasteiger partial charge in [-0.1, -0.05) is 0 Å². The minimum Gasteiger partial charge on any atom is -0.465 e. The number of aromatic amines is 2. The van der Waals surface area contributed by atoms with Crippen LogP contribution in [0.5, 0.6) is 0 Å². The Kier molecular flexibility index (Phi) is 5.77. The van der Waals surface area contributed by atoms with Gasteiger partial charge in [0.2, 0.25) is 0 Å². The van der Waals surface area contributed by atoms with E-state index in [1.807, 2.05) is 30.4 Å². The molecule has 0 spiro atoms. The van der Waals surface area contributed by atoms with Gasteiger partial charge >= 0.3 is 5.88 Å². The summed E-state index contributed by atoms with van der Waals surface area (Å²) in [5, 5.41) is 23.4. The van der Waals surface area contributed by atoms with Crippen LogP contribution in [0.25, 0.3) is 24.3 Å². The Labute approximate surface area is 153 Å². The quantitative estimate of drug-likeness (QED) is 0.402. The topological polar surface area (TPSA) is 127 Å². The number of nitro groups is 1. The predicted octanol–water partition coefficient (Wildman–Crippen LogP) is 4.25. The minimum absolute atomic E-state index is 0.265. The first kappa shape index (κ1) is 17.7. The Hall–Kier alpha value is -4.14. The van der Waals surface area contributed by atoms with Crippen LogP contribution < -0.4 is 0 Å². The first-order chi connectivity index (χ1) is 13.2. The van der Waals surface area contributed by atoms with Gasteiger partial charge in [-0.15, -0.1) is 0 Å². The normalized spacial score (nSPS) is 11.0. The predicted molar refractivity (Wildman–Crippen MR) is 99.1 cm³/mol. The molecule has 4 aromatic heterocycles. The van der Waals surface area contributed by atoms with E-state index in [2.05, 4.69) is 20.4 Å². The van der Waals surface area contributed by atoms with Crippen molar-refractivity contribution < 1.29 is 13.8 Å². The second-order valence-corrected chi connectivity index (χ2v) is 5.14. The number of hydrogen-bond donors (Lipinski definition) is 2. The van der Waals surface area contributed by atoms with Crippen LogP contribution in [0.15, 0.2) is 63.9 Å². The molecule has 0 aliphatic heterocycles. The molecule has 2 N–H and O–H groups in total. The van der Waals surface area contributed by atoms with Crippen molar-refractivity contribution in [2.45, 2.75) is 0 Å². The lowest BCUT2D eigenvalue weighted by molar-refractivity contribution is -0.402. The van der Waals surface area contributed by atoms with Gasteiger partial charge < -0.3 is 8.83 Å². The first-order valence-corrected chi connectivity index (χ1v) is 7.83. The van der Waals surface area contributed by atoms with E-state index in [-0.39, 0.29) is 5.88 Å². The highest BCUT2D eigenvalue weighted by Gasteiger charge is 2.09. The molecular formula is C18H15N5O4. The summed E-state index contributed by atoms with van der Waals surface area (Å²) in [6.07, 6.45) is 12.1. The lowest BCUT2D eigenvalue weighted by Gasteiger charge is -1.84. The van der Waals surface area contributed by atoms with Crippen LogP contribution in [0.3, 0.4) is 0 Å². The molecule has 0 saturated heterocycles. The average Bonchev–Trinajstić information content (AvgIpc) is 3.48. The molecule has 0 fully saturated rings. The molecule has 4 rings (SSSR count). The van der Waals surface area contributed by atoms with Crippen molar-refractivity contribution in [1.82, 2.24) is 20.4 Å². The van der Waals surface area contributed by atoms with E-state index >= 15 is 0 Å². The molecule has 0 saturated carbocycles. The molecule has 27 heavy (non-hydrogen) atoms. The third kappa shape index (κ3) is 5.43. The summed E-state index contributed by atoms with van der Waals surface area (Å²) < 4.78 is 10.0. The SMILES string of the molecule is C(=C\c1ccco1)/c1ccn[nH]1.O=[N+]([O-])c1ccc(/C=C/c2ccn[nH]2)o1. The molecule has 0 bridgehead atoms. The molecule has 136 valence electrons. The molecule has 9 heteroatoms. The molecular weight excluding hydrogens is 350 g/mol. The Bertz CT molecular complexity index is 960. The molecule has 0 aliphatic rings. The molecule has 0 aromatic carbocycles. The smallest absolute Gasteiger partial charge is 0.433 e. The number of furan rings is 2. The number of rotatable bonds is 5. The van der Waals surface area contributed by atoms with Crippen LogP contribution in [-0.2, 0) is 0 Å². The molecule has 0 aliphatic carbocycles. The first-order valence-electron chi connectivity index (χ1n) is 7.83. The van der Waals surface area contributed by atoms with Crippen molar-refractivity contribution in [2.75, 3.05) is 0 Å². The van der Waals surface area contributed by atoms with Gasteiger partial charge in [0, 0.05) is 12.4 Å². The van der Waals surface area contributed by atoms with Crippen LogP contribution in [0.2, 0.25) is 0 Å². The van der Waals surface area contributed by atoms with Crippen LogP contribution in [0.1, 0.15) is 22.9 Å². The third-order valence-electron chi connectivity index (χ3n) is 3.23. The minimum atomic E-state index is -0.576. The summed E-state index contributed by atoms with van der Waals surface area (Å²) in [5.41, 5.74) is 1.76. The number of hydrogen-bond acceptors (Lipinski definition) is 6. The molecule has 0 atom stereocenters. The van der Waals surface area contributed by atoms with Gasteiger partial charge in [0.1, 0.15) is 16.4 Å². The number of nitrogens with zero attached hydrogens (tertiary/aromatic N) is 3. The summed E-state index contributed by atoms with van der Waals surface area (Å²) in [6, 6.07) is 10.3. The maximum absolute atomic E-state index is 10.3. The number of H-pyrrole nitrogens is 2. The standard InChI is InChI=1S/C9H7N3O3.C9H8N2O/c13-12(14)9-4-3-8(15-9)2-1-7-5-6-10-11-7;1-2-9(12-7-1)4-3-8-5-6-10-11-8/h1-6H,(H,10,11);1-7H,(H,10,11)/b2-1+;4-3+. The Morgan fingerprint density at radius 3 is 2.04 bits per heavy atom. The highest BCUT2D eigenvalue weighted by atomic mass is 16.6. The Balaban J connectivity index is 0.000000159. The molecule has 4 aromatic rings. The highest BCUT2D eigenvalue weighted by Crippen LogP contribution is 2.17. The zero-order chi connectivity index (χ0) is 18.9. The number of aromatic nitrogens is 4. The van der Waals surface area contributed by atoms with E-state index in [0.29, 0.717) is 5.76 Å². The van der Waals surface area contributed by atoms with Gasteiger partial charge in [-0.2, -0.15) is 10.2 Å². The Morgan fingerprint density at radius 2 is 1.56 bits per heavy atom. The van der Waals surface area contributed by atoms with Gasteiger partial charge in [-0.05, 0) is 54.6 Å². The van der Waals surface area contributed by atoms with Crippen molar-refractivity contribution >= 4 is 30.2 Å². The molecule has 0 unspecified atom stereocenters. The molecule has 0 radical (unpaired) electrons. The molecule has 9 nitrogen and oxygen atoms in total. The van der Waals surface area contributed by atoms with Crippen LogP contribution in [0, 0.1) is 10.1 Å². The van der Waals surface area contributed by atoms with E-state index in [1.54, 1.807) is 36.9 Å². The third-order valence-corrected chi connectivity index (χ3v) is 3.23. The second-order valence-electron chi connectivity index (χ2n) is 5.14. The average molecular weight is 365 g/mol. The van der Waals surface area contributed by atoms with E-state index < -0.39 is 4.92 Å². The second kappa shape index (κ2) is 8.81. The largest absolute Gasteiger partial charge is 0.465 e. The monoisotopic (exact) mass is 365 g/mol. The summed E-state index contributed by atoms with van der Waals surface area (Å²) >= 11 is 0. The van der Waals surface area contributed by atoms with Crippen molar-refractivity contribution in [3.8, 4) is 0 Å². The maximum atomic E-state index is 10.3. The lowest BCUT2D eigenvalue weighted by Crippen LogP contribution is -1.82. The van der Waals surface area contributed by atoms with E-state index in [9.17, 15) is 10.1 Å². The fraction of sp³-hybridized carbons (Fsp3) is 0. The van der Waals surface area contributed by atoms with E-state index in [1.165, 1.54) is 12.1 Å². The van der Waals surface area contributed by atoms with Crippen LogP contribution in [-0.4, -0.2) is 25.3 Å². The fourth-order valence-corrected chi connectivity index (χ4v) is 1.98. The lowest BCUT2D eigenvalue weighted by atomic mass is 10.3. The fourth-order valence-electron chi connectivity index (χ4n) is 1.98. The summed E-state index contributed by atoms with van der Waals surface area (Å²) in [5.74, 6) is 1.00. The van der Waals surface area contributed by atoms with Gasteiger partial charge in [-0.3, -0.25) is 20.3 Å².